The van der Waals surface area contributed by atoms with Crippen LogP contribution in [0.4, 0.5) is 0 Å². The monoisotopic (exact) mass is 316 g/mol. The fourth-order valence-corrected chi connectivity index (χ4v) is 2.57. The van der Waals surface area contributed by atoms with Crippen molar-refractivity contribution in [3.63, 3.8) is 0 Å². The molecule has 1 saturated heterocycles. The Labute approximate surface area is 131 Å². The first-order valence-corrected chi connectivity index (χ1v) is 7.29. The molecule has 3 nitrogen and oxygen atoms in total. The average molecular weight is 317 g/mol. The Morgan fingerprint density at radius 1 is 1.50 bits per heavy atom. The van der Waals surface area contributed by atoms with Crippen LogP contribution in [0.1, 0.15) is 35.2 Å². The number of carbonyl (C=O) groups excluding carboxylic acids is 1. The van der Waals surface area contributed by atoms with Crippen molar-refractivity contribution < 1.29 is 4.79 Å². The first-order valence-electron chi connectivity index (χ1n) is 6.92. The zero-order valence-electron chi connectivity index (χ0n) is 11.7. The lowest BCUT2D eigenvalue weighted by Gasteiger charge is -2.22. The predicted octanol–water partition coefficient (Wildman–Crippen LogP) is 3.19. The van der Waals surface area contributed by atoms with E-state index in [1.807, 2.05) is 13.0 Å². The molecule has 1 heterocycles. The van der Waals surface area contributed by atoms with Gasteiger partial charge in [-0.3, -0.25) is 4.79 Å². The molecule has 2 rings (SSSR count). The molecule has 2 N–H and O–H groups in total. The first-order chi connectivity index (χ1) is 9.16. The Morgan fingerprint density at radius 2 is 2.30 bits per heavy atom. The molecule has 0 aliphatic carbocycles. The SMILES string of the molecule is Cc1cc(C(=O)NCCC2CCCNC2)ccc1Cl.Cl. The van der Waals surface area contributed by atoms with E-state index >= 15 is 0 Å². The second kappa shape index (κ2) is 8.50. The molecule has 0 radical (unpaired) electrons. The fourth-order valence-electron chi connectivity index (χ4n) is 2.45. The van der Waals surface area contributed by atoms with E-state index in [-0.39, 0.29) is 18.3 Å². The topological polar surface area (TPSA) is 41.1 Å². The number of piperidine rings is 1. The van der Waals surface area contributed by atoms with E-state index in [2.05, 4.69) is 10.6 Å². The lowest BCUT2D eigenvalue weighted by atomic mass is 9.96. The maximum atomic E-state index is 12.0. The molecule has 5 heteroatoms. The molecular weight excluding hydrogens is 295 g/mol. The third-order valence-electron chi connectivity index (χ3n) is 3.66. The van der Waals surface area contributed by atoms with Crippen molar-refractivity contribution in [3.05, 3.63) is 34.3 Å². The normalized spacial score (nSPS) is 18.2. The Balaban J connectivity index is 0.00000200. The van der Waals surface area contributed by atoms with Gasteiger partial charge in [0.1, 0.15) is 0 Å². The van der Waals surface area contributed by atoms with Gasteiger partial charge in [-0.2, -0.15) is 0 Å². The lowest BCUT2D eigenvalue weighted by molar-refractivity contribution is 0.0950. The van der Waals surface area contributed by atoms with Crippen LogP contribution in [0.5, 0.6) is 0 Å². The smallest absolute Gasteiger partial charge is 0.251 e. The Morgan fingerprint density at radius 3 is 2.95 bits per heavy atom. The van der Waals surface area contributed by atoms with Crippen LogP contribution in [0.3, 0.4) is 0 Å². The number of aryl methyl sites for hydroxylation is 1. The zero-order chi connectivity index (χ0) is 13.7. The number of benzene rings is 1. The van der Waals surface area contributed by atoms with E-state index in [0.717, 1.165) is 31.6 Å². The predicted molar refractivity (Wildman–Crippen MR) is 86.0 cm³/mol. The van der Waals surface area contributed by atoms with Crippen molar-refractivity contribution in [1.82, 2.24) is 10.6 Å². The van der Waals surface area contributed by atoms with E-state index < -0.39 is 0 Å². The molecule has 112 valence electrons. The highest BCUT2D eigenvalue weighted by atomic mass is 35.5. The summed E-state index contributed by atoms with van der Waals surface area (Å²) < 4.78 is 0. The molecule has 1 aromatic rings. The van der Waals surface area contributed by atoms with Crippen LogP contribution in [-0.4, -0.2) is 25.5 Å². The minimum atomic E-state index is -0.0106. The molecule has 0 saturated carbocycles. The third kappa shape index (κ3) is 4.97. The molecule has 1 aromatic carbocycles. The Bertz CT molecular complexity index is 445. The van der Waals surface area contributed by atoms with Crippen molar-refractivity contribution in [2.75, 3.05) is 19.6 Å². The van der Waals surface area contributed by atoms with Gasteiger partial charge in [0.15, 0.2) is 0 Å². The number of rotatable bonds is 4. The molecule has 1 aliphatic rings. The van der Waals surface area contributed by atoms with Gasteiger partial charge >= 0.3 is 0 Å². The van der Waals surface area contributed by atoms with Crippen LogP contribution in [0.25, 0.3) is 0 Å². The fraction of sp³-hybridized carbons (Fsp3) is 0.533. The van der Waals surface area contributed by atoms with Crippen LogP contribution < -0.4 is 10.6 Å². The molecule has 1 atom stereocenters. The number of hydrogen-bond acceptors (Lipinski definition) is 2. The number of carbonyl (C=O) groups is 1. The van der Waals surface area contributed by atoms with Crippen LogP contribution >= 0.6 is 24.0 Å². The van der Waals surface area contributed by atoms with Crippen LogP contribution in [-0.2, 0) is 0 Å². The number of halogens is 2. The number of amides is 1. The van der Waals surface area contributed by atoms with Gasteiger partial charge in [-0.1, -0.05) is 11.6 Å². The van der Waals surface area contributed by atoms with Crippen molar-refractivity contribution in [2.45, 2.75) is 26.2 Å². The third-order valence-corrected chi connectivity index (χ3v) is 4.08. The van der Waals surface area contributed by atoms with Crippen LogP contribution in [0.15, 0.2) is 18.2 Å². The van der Waals surface area contributed by atoms with Gasteiger partial charge in [0.05, 0.1) is 0 Å². The number of hydrogen-bond donors (Lipinski definition) is 2. The molecular formula is C15H22Cl2N2O. The Hall–Kier alpha value is -0.770. The standard InChI is InChI=1S/C15H21ClN2O.ClH/c1-11-9-13(4-5-14(11)16)15(19)18-8-6-12-3-2-7-17-10-12;/h4-5,9,12,17H,2-3,6-8,10H2,1H3,(H,18,19);1H. The van der Waals surface area contributed by atoms with Gasteiger partial charge < -0.3 is 10.6 Å². The van der Waals surface area contributed by atoms with Gasteiger partial charge in [-0.25, -0.2) is 0 Å². The average Bonchev–Trinajstić information content (AvgIpc) is 2.43. The second-order valence-corrected chi connectivity index (χ2v) is 5.63. The lowest BCUT2D eigenvalue weighted by Crippen LogP contribution is -2.33. The van der Waals surface area contributed by atoms with Crippen molar-refractivity contribution in [2.24, 2.45) is 5.92 Å². The van der Waals surface area contributed by atoms with Crippen molar-refractivity contribution >= 4 is 29.9 Å². The summed E-state index contributed by atoms with van der Waals surface area (Å²) in [6.45, 7) is 4.86. The molecule has 1 fully saturated rings. The minimum absolute atomic E-state index is 0. The summed E-state index contributed by atoms with van der Waals surface area (Å²) in [5.41, 5.74) is 1.62. The summed E-state index contributed by atoms with van der Waals surface area (Å²) in [7, 11) is 0. The summed E-state index contributed by atoms with van der Waals surface area (Å²) in [4.78, 5) is 12.0. The summed E-state index contributed by atoms with van der Waals surface area (Å²) in [6.07, 6.45) is 3.56. The molecule has 0 aromatic heterocycles. The molecule has 1 amide bonds. The molecule has 0 bridgehead atoms. The van der Waals surface area contributed by atoms with E-state index in [0.29, 0.717) is 16.5 Å². The quantitative estimate of drug-likeness (QED) is 0.895. The Kier molecular flexibility index (Phi) is 7.35. The highest BCUT2D eigenvalue weighted by molar-refractivity contribution is 6.31. The van der Waals surface area contributed by atoms with Crippen LogP contribution in [0, 0.1) is 12.8 Å². The highest BCUT2D eigenvalue weighted by Crippen LogP contribution is 2.16. The molecule has 20 heavy (non-hydrogen) atoms. The van der Waals surface area contributed by atoms with Gasteiger partial charge in [0, 0.05) is 17.1 Å². The first kappa shape index (κ1) is 17.3. The molecule has 0 spiro atoms. The van der Waals surface area contributed by atoms with E-state index in [1.54, 1.807) is 12.1 Å². The maximum absolute atomic E-state index is 12.0. The van der Waals surface area contributed by atoms with Gasteiger partial charge in [-0.15, -0.1) is 12.4 Å². The van der Waals surface area contributed by atoms with Crippen LogP contribution in [0.2, 0.25) is 5.02 Å². The van der Waals surface area contributed by atoms with Crippen molar-refractivity contribution in [3.8, 4) is 0 Å². The van der Waals surface area contributed by atoms with Gasteiger partial charge in [-0.05, 0) is 69.0 Å². The van der Waals surface area contributed by atoms with E-state index in [4.69, 9.17) is 11.6 Å². The summed E-state index contributed by atoms with van der Waals surface area (Å²) in [5, 5.41) is 7.07. The van der Waals surface area contributed by atoms with Gasteiger partial charge in [0.25, 0.3) is 5.91 Å². The molecule has 1 unspecified atom stereocenters. The summed E-state index contributed by atoms with van der Waals surface area (Å²) in [5.74, 6) is 0.685. The van der Waals surface area contributed by atoms with Crippen molar-refractivity contribution in [1.29, 1.82) is 0 Å². The van der Waals surface area contributed by atoms with E-state index in [9.17, 15) is 4.79 Å². The zero-order valence-corrected chi connectivity index (χ0v) is 13.3. The summed E-state index contributed by atoms with van der Waals surface area (Å²) >= 11 is 5.95. The second-order valence-electron chi connectivity index (χ2n) is 5.22. The van der Waals surface area contributed by atoms with Gasteiger partial charge in [0.2, 0.25) is 0 Å². The van der Waals surface area contributed by atoms with E-state index in [1.165, 1.54) is 12.8 Å². The number of nitrogens with one attached hydrogen (secondary N) is 2. The minimum Gasteiger partial charge on any atom is -0.352 e. The molecule has 1 aliphatic heterocycles. The summed E-state index contributed by atoms with van der Waals surface area (Å²) in [6, 6.07) is 5.38. The highest BCUT2D eigenvalue weighted by Gasteiger charge is 2.13. The largest absolute Gasteiger partial charge is 0.352 e. The maximum Gasteiger partial charge on any atom is 0.251 e.